The number of carboxylic acid groups (broad SMARTS) is 1. The summed E-state index contributed by atoms with van der Waals surface area (Å²) in [4.78, 5) is 12.5. The largest absolute Gasteiger partial charge is 0.477 e. The van der Waals surface area contributed by atoms with E-state index >= 15 is 0 Å². The molecule has 1 fully saturated rings. The van der Waals surface area contributed by atoms with Gasteiger partial charge in [-0.05, 0) is 92.2 Å². The number of carboxylic acids is 1. The van der Waals surface area contributed by atoms with Gasteiger partial charge in [-0.3, -0.25) is 0 Å². The quantitative estimate of drug-likeness (QED) is 0.457. The summed E-state index contributed by atoms with van der Waals surface area (Å²) >= 11 is 14.2. The van der Waals surface area contributed by atoms with Crippen molar-refractivity contribution in [2.24, 2.45) is 11.8 Å². The molecule has 2 N–H and O–H groups in total. The SMILES string of the molecule is O=C(O)c1ccc(CCC[C@@H]2[C@@H](CCc3cc(Cl)cc(CO)c3)CC[C@H]2Cl)s1. The molecule has 28 heavy (non-hydrogen) atoms. The van der Waals surface area contributed by atoms with Crippen molar-refractivity contribution in [2.75, 3.05) is 0 Å². The minimum Gasteiger partial charge on any atom is -0.477 e. The maximum Gasteiger partial charge on any atom is 0.345 e. The van der Waals surface area contributed by atoms with Crippen LogP contribution in [0.4, 0.5) is 0 Å². The number of hydrogen-bond donors (Lipinski definition) is 2. The van der Waals surface area contributed by atoms with Gasteiger partial charge in [0.05, 0.1) is 6.61 Å². The van der Waals surface area contributed by atoms with Crippen LogP contribution in [0.3, 0.4) is 0 Å². The summed E-state index contributed by atoms with van der Waals surface area (Å²) in [6.07, 6.45) is 7.29. The highest BCUT2D eigenvalue weighted by Crippen LogP contribution is 2.41. The number of aromatic carboxylic acids is 1. The van der Waals surface area contributed by atoms with E-state index in [1.54, 1.807) is 12.1 Å². The lowest BCUT2D eigenvalue weighted by molar-refractivity contribution is 0.0702. The van der Waals surface area contributed by atoms with Crippen LogP contribution in [0.5, 0.6) is 0 Å². The van der Waals surface area contributed by atoms with Gasteiger partial charge in [0, 0.05) is 15.3 Å². The number of carbonyl (C=O) groups is 1. The van der Waals surface area contributed by atoms with Crippen LogP contribution in [0.15, 0.2) is 30.3 Å². The molecule has 152 valence electrons. The lowest BCUT2D eigenvalue weighted by Crippen LogP contribution is -2.16. The van der Waals surface area contributed by atoms with Crippen LogP contribution in [0, 0.1) is 11.8 Å². The number of aryl methyl sites for hydroxylation is 2. The van der Waals surface area contributed by atoms with E-state index in [1.165, 1.54) is 16.9 Å². The van der Waals surface area contributed by atoms with Crippen molar-refractivity contribution < 1.29 is 15.0 Å². The summed E-state index contributed by atoms with van der Waals surface area (Å²) in [7, 11) is 0. The highest BCUT2D eigenvalue weighted by molar-refractivity contribution is 7.13. The normalized spacial score (nSPS) is 21.9. The Balaban J connectivity index is 1.52. The van der Waals surface area contributed by atoms with Crippen molar-refractivity contribution in [2.45, 2.75) is 56.9 Å². The van der Waals surface area contributed by atoms with Crippen molar-refractivity contribution in [3.63, 3.8) is 0 Å². The number of aliphatic hydroxyl groups excluding tert-OH is 1. The van der Waals surface area contributed by atoms with Crippen LogP contribution in [-0.2, 0) is 19.4 Å². The third kappa shape index (κ3) is 5.73. The van der Waals surface area contributed by atoms with Crippen molar-refractivity contribution in [3.05, 3.63) is 56.2 Å². The monoisotopic (exact) mass is 440 g/mol. The predicted octanol–water partition coefficient (Wildman–Crippen LogP) is 6.18. The van der Waals surface area contributed by atoms with Crippen LogP contribution in [0.1, 0.15) is 57.8 Å². The molecule has 2 aromatic rings. The second-order valence-corrected chi connectivity index (χ2v) is 9.81. The van der Waals surface area contributed by atoms with Crippen LogP contribution < -0.4 is 0 Å². The molecule has 1 aromatic carbocycles. The third-order valence-corrected chi connectivity index (χ3v) is 7.61. The Morgan fingerprint density at radius 3 is 2.61 bits per heavy atom. The minimum atomic E-state index is -0.849. The summed E-state index contributed by atoms with van der Waals surface area (Å²) in [6.45, 7) is 0.00960. The Labute approximate surface area is 180 Å². The molecule has 3 nitrogen and oxygen atoms in total. The van der Waals surface area contributed by atoms with Gasteiger partial charge >= 0.3 is 5.97 Å². The van der Waals surface area contributed by atoms with E-state index in [-0.39, 0.29) is 12.0 Å². The highest BCUT2D eigenvalue weighted by Gasteiger charge is 2.33. The standard InChI is InChI=1S/C22H26Cl2O3S/c23-17-11-14(10-15(12-17)13-25)4-5-16-6-8-20(24)19(16)3-1-2-18-7-9-21(28-18)22(26)27/h7,9-12,16,19-20,25H,1-6,8,13H2,(H,26,27)/t16-,19+,20+/m0/s1. The molecule has 0 radical (unpaired) electrons. The maximum absolute atomic E-state index is 11.0. The average Bonchev–Trinajstić information content (AvgIpc) is 3.27. The Bertz CT molecular complexity index is 805. The highest BCUT2D eigenvalue weighted by atomic mass is 35.5. The molecule has 1 saturated carbocycles. The van der Waals surface area contributed by atoms with E-state index < -0.39 is 5.97 Å². The molecule has 1 heterocycles. The smallest absolute Gasteiger partial charge is 0.345 e. The van der Waals surface area contributed by atoms with Gasteiger partial charge in [-0.2, -0.15) is 0 Å². The van der Waals surface area contributed by atoms with Crippen LogP contribution in [0.25, 0.3) is 0 Å². The zero-order chi connectivity index (χ0) is 20.1. The molecule has 1 aromatic heterocycles. The maximum atomic E-state index is 11.0. The summed E-state index contributed by atoms with van der Waals surface area (Å²) in [6, 6.07) is 9.44. The molecular formula is C22H26Cl2O3S. The van der Waals surface area contributed by atoms with Crippen LogP contribution in [0.2, 0.25) is 5.02 Å². The van der Waals surface area contributed by atoms with Crippen LogP contribution in [-0.4, -0.2) is 21.6 Å². The summed E-state index contributed by atoms with van der Waals surface area (Å²) in [5.41, 5.74) is 2.03. The van der Waals surface area contributed by atoms with Crippen molar-refractivity contribution in [1.82, 2.24) is 0 Å². The van der Waals surface area contributed by atoms with E-state index in [2.05, 4.69) is 0 Å². The van der Waals surface area contributed by atoms with E-state index in [9.17, 15) is 9.90 Å². The summed E-state index contributed by atoms with van der Waals surface area (Å²) < 4.78 is 0. The molecule has 1 aliphatic rings. The Morgan fingerprint density at radius 2 is 1.89 bits per heavy atom. The Hall–Kier alpha value is -1.07. The van der Waals surface area contributed by atoms with Gasteiger partial charge in [0.2, 0.25) is 0 Å². The predicted molar refractivity (Wildman–Crippen MR) is 116 cm³/mol. The Kier molecular flexibility index (Phi) is 7.81. The van der Waals surface area contributed by atoms with E-state index in [0.29, 0.717) is 21.7 Å². The zero-order valence-electron chi connectivity index (χ0n) is 15.7. The summed E-state index contributed by atoms with van der Waals surface area (Å²) in [5, 5.41) is 19.3. The summed E-state index contributed by atoms with van der Waals surface area (Å²) in [5.74, 6) is 0.271. The van der Waals surface area contributed by atoms with Gasteiger partial charge in [-0.25, -0.2) is 4.79 Å². The first-order valence-electron chi connectivity index (χ1n) is 9.81. The zero-order valence-corrected chi connectivity index (χ0v) is 18.1. The average molecular weight is 441 g/mol. The fourth-order valence-electron chi connectivity index (χ4n) is 4.32. The third-order valence-electron chi connectivity index (χ3n) is 5.72. The van der Waals surface area contributed by atoms with Crippen molar-refractivity contribution in [1.29, 1.82) is 0 Å². The molecule has 0 saturated heterocycles. The van der Waals surface area contributed by atoms with Gasteiger partial charge in [-0.15, -0.1) is 22.9 Å². The number of aliphatic hydroxyl groups is 1. The fourth-order valence-corrected chi connectivity index (χ4v) is 5.94. The van der Waals surface area contributed by atoms with Gasteiger partial charge in [-0.1, -0.05) is 17.7 Å². The van der Waals surface area contributed by atoms with Gasteiger partial charge < -0.3 is 10.2 Å². The Morgan fingerprint density at radius 1 is 1.11 bits per heavy atom. The number of alkyl halides is 1. The first kappa shape index (κ1) is 21.6. The molecule has 6 heteroatoms. The molecule has 0 bridgehead atoms. The molecule has 3 rings (SSSR count). The molecule has 0 unspecified atom stereocenters. The molecule has 0 aliphatic heterocycles. The fraction of sp³-hybridized carbons (Fsp3) is 0.500. The topological polar surface area (TPSA) is 57.5 Å². The molecular weight excluding hydrogens is 415 g/mol. The number of benzene rings is 1. The molecule has 1 aliphatic carbocycles. The first-order valence-corrected chi connectivity index (χ1v) is 11.4. The van der Waals surface area contributed by atoms with Gasteiger partial charge in [0.1, 0.15) is 4.88 Å². The second kappa shape index (κ2) is 10.1. The lowest BCUT2D eigenvalue weighted by Gasteiger charge is -2.22. The van der Waals surface area contributed by atoms with Crippen molar-refractivity contribution in [3.8, 4) is 0 Å². The van der Waals surface area contributed by atoms with E-state index in [1.807, 2.05) is 18.2 Å². The van der Waals surface area contributed by atoms with E-state index in [0.717, 1.165) is 55.4 Å². The second-order valence-electron chi connectivity index (χ2n) is 7.65. The molecule has 0 spiro atoms. The molecule has 0 amide bonds. The number of hydrogen-bond acceptors (Lipinski definition) is 3. The van der Waals surface area contributed by atoms with Gasteiger partial charge in [0.15, 0.2) is 0 Å². The van der Waals surface area contributed by atoms with Gasteiger partial charge in [0.25, 0.3) is 0 Å². The minimum absolute atomic E-state index is 0.00960. The first-order chi connectivity index (χ1) is 13.5. The molecule has 3 atom stereocenters. The number of thiophene rings is 1. The van der Waals surface area contributed by atoms with E-state index in [4.69, 9.17) is 28.3 Å². The lowest BCUT2D eigenvalue weighted by atomic mass is 9.86. The van der Waals surface area contributed by atoms with Crippen LogP contribution >= 0.6 is 34.5 Å². The van der Waals surface area contributed by atoms with Crippen molar-refractivity contribution >= 4 is 40.5 Å². The number of halogens is 2. The number of rotatable bonds is 9.